The van der Waals surface area contributed by atoms with Crippen LogP contribution in [0.3, 0.4) is 0 Å². The number of anilines is 1. The van der Waals surface area contributed by atoms with Crippen LogP contribution in [0.15, 0.2) is 40.9 Å². The smallest absolute Gasteiger partial charge is 0.262 e. The van der Waals surface area contributed by atoms with Gasteiger partial charge in [-0.05, 0) is 30.3 Å². The van der Waals surface area contributed by atoms with Crippen molar-refractivity contribution in [3.8, 4) is 5.75 Å². The molecule has 0 aliphatic rings. The van der Waals surface area contributed by atoms with Crippen LogP contribution in [0.5, 0.6) is 5.75 Å². The summed E-state index contributed by atoms with van der Waals surface area (Å²) in [5.74, 6) is -1.97. The Kier molecular flexibility index (Phi) is 5.21. The number of ether oxygens (including phenoxy) is 1. The van der Waals surface area contributed by atoms with Gasteiger partial charge in [0.15, 0.2) is 12.9 Å². The summed E-state index contributed by atoms with van der Waals surface area (Å²) in [6.07, 6.45) is 0.597. The van der Waals surface area contributed by atoms with Crippen LogP contribution in [0.25, 0.3) is 0 Å². The number of carbonyl (C=O) groups excluding carboxylic acids is 2. The lowest BCUT2D eigenvalue weighted by Crippen LogP contribution is -2.20. The number of hydrogen-bond donors (Lipinski definition) is 1. The van der Waals surface area contributed by atoms with Crippen LogP contribution in [-0.2, 0) is 4.79 Å². The third kappa shape index (κ3) is 4.36. The zero-order valence-corrected chi connectivity index (χ0v) is 12.7. The van der Waals surface area contributed by atoms with Crippen LogP contribution in [0.2, 0.25) is 0 Å². The van der Waals surface area contributed by atoms with Crippen LogP contribution in [0, 0.1) is 11.6 Å². The summed E-state index contributed by atoms with van der Waals surface area (Å²) in [6.45, 7) is -0.402. The molecule has 2 aromatic carbocycles. The van der Waals surface area contributed by atoms with Crippen LogP contribution in [0.4, 0.5) is 14.5 Å². The van der Waals surface area contributed by atoms with Crippen LogP contribution in [0.1, 0.15) is 10.4 Å². The number of aldehydes is 1. The van der Waals surface area contributed by atoms with E-state index in [4.69, 9.17) is 4.74 Å². The van der Waals surface area contributed by atoms with E-state index in [2.05, 4.69) is 21.2 Å². The molecule has 0 aromatic heterocycles. The first kappa shape index (κ1) is 16.1. The van der Waals surface area contributed by atoms with Crippen molar-refractivity contribution in [3.05, 3.63) is 58.1 Å². The van der Waals surface area contributed by atoms with E-state index >= 15 is 0 Å². The van der Waals surface area contributed by atoms with Gasteiger partial charge in [-0.1, -0.05) is 15.9 Å². The molecule has 4 nitrogen and oxygen atoms in total. The highest BCUT2D eigenvalue weighted by atomic mass is 79.9. The summed E-state index contributed by atoms with van der Waals surface area (Å²) in [6, 6.07) is 7.40. The molecule has 0 aliphatic heterocycles. The molecule has 0 bridgehead atoms. The van der Waals surface area contributed by atoms with Gasteiger partial charge in [0.05, 0.1) is 5.56 Å². The van der Waals surface area contributed by atoms with Crippen molar-refractivity contribution in [2.45, 2.75) is 0 Å². The Hall–Kier alpha value is -2.28. The van der Waals surface area contributed by atoms with Gasteiger partial charge in [-0.25, -0.2) is 8.78 Å². The molecule has 22 heavy (non-hydrogen) atoms. The molecule has 0 atom stereocenters. The van der Waals surface area contributed by atoms with Gasteiger partial charge >= 0.3 is 0 Å². The van der Waals surface area contributed by atoms with Crippen molar-refractivity contribution in [2.24, 2.45) is 0 Å². The zero-order chi connectivity index (χ0) is 16.1. The van der Waals surface area contributed by atoms with Gasteiger partial charge in [0.25, 0.3) is 5.91 Å². The van der Waals surface area contributed by atoms with E-state index in [1.165, 1.54) is 6.07 Å². The molecule has 0 radical (unpaired) electrons. The normalized spacial score (nSPS) is 10.1. The van der Waals surface area contributed by atoms with E-state index < -0.39 is 24.1 Å². The van der Waals surface area contributed by atoms with E-state index in [0.717, 1.165) is 12.1 Å². The van der Waals surface area contributed by atoms with Gasteiger partial charge in [-0.15, -0.1) is 0 Å². The Morgan fingerprint density at radius 1 is 1.18 bits per heavy atom. The Morgan fingerprint density at radius 3 is 2.50 bits per heavy atom. The van der Waals surface area contributed by atoms with E-state index in [-0.39, 0.29) is 17.0 Å². The molecule has 1 N–H and O–H groups in total. The van der Waals surface area contributed by atoms with Crippen LogP contribution < -0.4 is 10.1 Å². The predicted octanol–water partition coefficient (Wildman–Crippen LogP) is 3.56. The van der Waals surface area contributed by atoms with Gasteiger partial charge in [0, 0.05) is 16.2 Å². The topological polar surface area (TPSA) is 55.4 Å². The average molecular weight is 370 g/mol. The second-order valence-electron chi connectivity index (χ2n) is 4.29. The average Bonchev–Trinajstić information content (AvgIpc) is 2.44. The van der Waals surface area contributed by atoms with E-state index in [9.17, 15) is 18.4 Å². The van der Waals surface area contributed by atoms with Crippen molar-refractivity contribution >= 4 is 33.8 Å². The number of carbonyl (C=O) groups is 2. The molecule has 0 aliphatic carbocycles. The molecule has 7 heteroatoms. The second-order valence-corrected chi connectivity index (χ2v) is 5.21. The number of rotatable bonds is 5. The fourth-order valence-corrected chi connectivity index (χ4v) is 2.09. The maximum atomic E-state index is 13.0. The van der Waals surface area contributed by atoms with Crippen molar-refractivity contribution in [1.29, 1.82) is 0 Å². The van der Waals surface area contributed by atoms with Crippen molar-refractivity contribution in [2.75, 3.05) is 11.9 Å². The SMILES string of the molecule is O=Cc1cc(Br)ccc1OCC(=O)Nc1cc(F)cc(F)c1. The largest absolute Gasteiger partial charge is 0.483 e. The monoisotopic (exact) mass is 369 g/mol. The predicted molar refractivity (Wildman–Crippen MR) is 80.0 cm³/mol. The minimum atomic E-state index is -0.799. The molecule has 0 saturated carbocycles. The first-order valence-corrected chi connectivity index (χ1v) is 6.90. The Bertz CT molecular complexity index is 702. The molecule has 0 saturated heterocycles. The van der Waals surface area contributed by atoms with Crippen LogP contribution in [-0.4, -0.2) is 18.8 Å². The number of amides is 1. The van der Waals surface area contributed by atoms with Crippen molar-refractivity contribution < 1.29 is 23.1 Å². The molecule has 1 amide bonds. The highest BCUT2D eigenvalue weighted by Gasteiger charge is 2.09. The number of nitrogens with one attached hydrogen (secondary N) is 1. The Balaban J connectivity index is 1.99. The highest BCUT2D eigenvalue weighted by Crippen LogP contribution is 2.21. The Labute approximate surface area is 133 Å². The van der Waals surface area contributed by atoms with Gasteiger partial charge in [-0.2, -0.15) is 0 Å². The van der Waals surface area contributed by atoms with E-state index in [1.807, 2.05) is 0 Å². The van der Waals surface area contributed by atoms with Gasteiger partial charge < -0.3 is 10.1 Å². The Morgan fingerprint density at radius 2 is 1.86 bits per heavy atom. The molecule has 0 fully saturated rings. The maximum absolute atomic E-state index is 13.0. The van der Waals surface area contributed by atoms with Gasteiger partial charge in [-0.3, -0.25) is 9.59 Å². The summed E-state index contributed by atoms with van der Waals surface area (Å²) in [5.41, 5.74) is 0.261. The van der Waals surface area contributed by atoms with Gasteiger partial charge in [0.2, 0.25) is 0 Å². The number of benzene rings is 2. The zero-order valence-electron chi connectivity index (χ0n) is 11.1. The molecular weight excluding hydrogens is 360 g/mol. The summed E-state index contributed by atoms with van der Waals surface area (Å²) < 4.78 is 31.9. The molecule has 2 rings (SSSR count). The molecular formula is C15H10BrF2NO3. The molecule has 0 spiro atoms. The summed E-state index contributed by atoms with van der Waals surface area (Å²) >= 11 is 3.21. The lowest BCUT2D eigenvalue weighted by molar-refractivity contribution is -0.118. The molecule has 2 aromatic rings. The minimum Gasteiger partial charge on any atom is -0.483 e. The lowest BCUT2D eigenvalue weighted by Gasteiger charge is -2.09. The summed E-state index contributed by atoms with van der Waals surface area (Å²) in [7, 11) is 0. The van der Waals surface area contributed by atoms with Gasteiger partial charge in [0.1, 0.15) is 17.4 Å². The van der Waals surface area contributed by atoms with Crippen molar-refractivity contribution in [3.63, 3.8) is 0 Å². The first-order valence-electron chi connectivity index (χ1n) is 6.11. The first-order chi connectivity index (χ1) is 10.5. The molecule has 0 unspecified atom stereocenters. The third-order valence-corrected chi connectivity index (χ3v) is 3.10. The van der Waals surface area contributed by atoms with E-state index in [0.29, 0.717) is 16.8 Å². The van der Waals surface area contributed by atoms with Crippen molar-refractivity contribution in [1.82, 2.24) is 0 Å². The molecule has 114 valence electrons. The standard InChI is InChI=1S/C15H10BrF2NO3/c16-10-1-2-14(9(3-10)7-20)22-8-15(21)19-13-5-11(17)4-12(18)6-13/h1-7H,8H2,(H,19,21). The fourth-order valence-electron chi connectivity index (χ4n) is 1.71. The van der Waals surface area contributed by atoms with Crippen LogP contribution >= 0.6 is 15.9 Å². The third-order valence-electron chi connectivity index (χ3n) is 2.60. The number of halogens is 3. The second kappa shape index (κ2) is 7.13. The summed E-state index contributed by atoms with van der Waals surface area (Å²) in [4.78, 5) is 22.6. The minimum absolute atomic E-state index is 0.0162. The maximum Gasteiger partial charge on any atom is 0.262 e. The number of hydrogen-bond acceptors (Lipinski definition) is 3. The fraction of sp³-hybridized carbons (Fsp3) is 0.0667. The van der Waals surface area contributed by atoms with E-state index in [1.54, 1.807) is 12.1 Å². The lowest BCUT2D eigenvalue weighted by atomic mass is 10.2. The highest BCUT2D eigenvalue weighted by molar-refractivity contribution is 9.10. The summed E-state index contributed by atoms with van der Waals surface area (Å²) in [5, 5.41) is 2.30. The molecule has 0 heterocycles. The quantitative estimate of drug-likeness (QED) is 0.819.